The lowest BCUT2D eigenvalue weighted by Crippen LogP contribution is -2.42. The lowest BCUT2D eigenvalue weighted by molar-refractivity contribution is -0.0494. The molecule has 21 heavy (non-hydrogen) atoms. The number of piperidine rings is 1. The van der Waals surface area contributed by atoms with Gasteiger partial charge in [-0.2, -0.15) is 0 Å². The number of pyridine rings is 1. The lowest BCUT2D eigenvalue weighted by Gasteiger charge is -2.31. The summed E-state index contributed by atoms with van der Waals surface area (Å²) in [5.74, 6) is -2.20. The third kappa shape index (κ3) is 3.29. The summed E-state index contributed by atoms with van der Waals surface area (Å²) >= 11 is 0. The number of alkyl halides is 2. The van der Waals surface area contributed by atoms with E-state index in [9.17, 15) is 13.6 Å². The molecule has 0 atom stereocenters. The minimum atomic E-state index is -2.65. The number of halogens is 2. The van der Waals surface area contributed by atoms with E-state index in [4.69, 9.17) is 4.74 Å². The summed E-state index contributed by atoms with van der Waals surface area (Å²) in [6, 6.07) is 3.66. The zero-order valence-electron chi connectivity index (χ0n) is 11.5. The highest BCUT2D eigenvalue weighted by atomic mass is 19.3. The second-order valence-corrected chi connectivity index (χ2v) is 5.46. The van der Waals surface area contributed by atoms with Crippen molar-refractivity contribution in [3.63, 3.8) is 0 Å². The molecule has 0 aromatic carbocycles. The van der Waals surface area contributed by atoms with Crippen molar-refractivity contribution >= 4 is 11.7 Å². The van der Waals surface area contributed by atoms with Crippen molar-refractivity contribution in [3.05, 3.63) is 23.9 Å². The SMILES string of the molecule is O=C(c1ccc(NC2COC2)nc1)N1CCC(F)(F)CC1. The first-order valence-electron chi connectivity index (χ1n) is 7.01. The van der Waals surface area contributed by atoms with Gasteiger partial charge in [0, 0.05) is 32.1 Å². The number of hydrogen-bond acceptors (Lipinski definition) is 4. The fourth-order valence-corrected chi connectivity index (χ4v) is 2.35. The van der Waals surface area contributed by atoms with Crippen LogP contribution in [-0.2, 0) is 4.74 Å². The summed E-state index contributed by atoms with van der Waals surface area (Å²) in [6.07, 6.45) is 0.942. The molecule has 3 rings (SSSR count). The van der Waals surface area contributed by atoms with Crippen LogP contribution in [0.1, 0.15) is 23.2 Å². The van der Waals surface area contributed by atoms with E-state index >= 15 is 0 Å². The maximum absolute atomic E-state index is 13.1. The first kappa shape index (κ1) is 14.2. The number of amides is 1. The van der Waals surface area contributed by atoms with E-state index in [2.05, 4.69) is 10.3 Å². The standard InChI is InChI=1S/C14H17F2N3O2/c15-14(16)3-5-19(6-4-14)13(20)10-1-2-12(17-7-10)18-11-8-21-9-11/h1-2,7,11H,3-6,8-9H2,(H,17,18). The van der Waals surface area contributed by atoms with Crippen molar-refractivity contribution in [3.8, 4) is 0 Å². The summed E-state index contributed by atoms with van der Waals surface area (Å²) in [5.41, 5.74) is 0.427. The molecule has 2 aliphatic heterocycles. The normalized spacial score (nSPS) is 21.7. The number of ether oxygens (including phenoxy) is 1. The van der Waals surface area contributed by atoms with Crippen LogP contribution in [0.3, 0.4) is 0 Å². The molecule has 2 aliphatic rings. The van der Waals surface area contributed by atoms with Gasteiger partial charge >= 0.3 is 0 Å². The number of aromatic nitrogens is 1. The number of nitrogens with one attached hydrogen (secondary N) is 1. The van der Waals surface area contributed by atoms with Gasteiger partial charge in [0.15, 0.2) is 0 Å². The van der Waals surface area contributed by atoms with Crippen molar-refractivity contribution in [2.24, 2.45) is 0 Å². The van der Waals surface area contributed by atoms with Crippen molar-refractivity contribution in [1.82, 2.24) is 9.88 Å². The highest BCUT2D eigenvalue weighted by molar-refractivity contribution is 5.94. The maximum Gasteiger partial charge on any atom is 0.255 e. The van der Waals surface area contributed by atoms with Crippen molar-refractivity contribution in [2.45, 2.75) is 24.8 Å². The second-order valence-electron chi connectivity index (χ2n) is 5.46. The maximum atomic E-state index is 13.1. The number of carbonyl (C=O) groups is 1. The van der Waals surface area contributed by atoms with E-state index in [1.165, 1.54) is 11.1 Å². The summed E-state index contributed by atoms with van der Waals surface area (Å²) in [4.78, 5) is 17.9. The molecule has 0 radical (unpaired) electrons. The molecular weight excluding hydrogens is 280 g/mol. The fourth-order valence-electron chi connectivity index (χ4n) is 2.35. The molecule has 0 bridgehead atoms. The Balaban J connectivity index is 1.59. The van der Waals surface area contributed by atoms with E-state index in [-0.39, 0.29) is 37.9 Å². The summed E-state index contributed by atoms with van der Waals surface area (Å²) in [7, 11) is 0. The minimum Gasteiger partial charge on any atom is -0.377 e. The summed E-state index contributed by atoms with van der Waals surface area (Å²) in [6.45, 7) is 1.49. The van der Waals surface area contributed by atoms with Gasteiger partial charge in [0.05, 0.1) is 24.8 Å². The van der Waals surface area contributed by atoms with Gasteiger partial charge in [-0.1, -0.05) is 0 Å². The van der Waals surface area contributed by atoms with Gasteiger partial charge in [-0.15, -0.1) is 0 Å². The number of nitrogens with zero attached hydrogens (tertiary/aromatic N) is 2. The van der Waals surface area contributed by atoms with E-state index in [1.807, 2.05) is 0 Å². The number of anilines is 1. The monoisotopic (exact) mass is 297 g/mol. The Hall–Kier alpha value is -1.76. The van der Waals surface area contributed by atoms with Crippen LogP contribution >= 0.6 is 0 Å². The van der Waals surface area contributed by atoms with Crippen LogP contribution in [0.2, 0.25) is 0 Å². The second kappa shape index (κ2) is 5.55. The van der Waals surface area contributed by atoms with Crippen molar-refractivity contribution in [1.29, 1.82) is 0 Å². The molecule has 2 fully saturated rings. The average molecular weight is 297 g/mol. The minimum absolute atomic E-state index is 0.0885. The van der Waals surface area contributed by atoms with Gasteiger partial charge in [-0.3, -0.25) is 4.79 Å². The predicted molar refractivity (Wildman–Crippen MR) is 72.6 cm³/mol. The fraction of sp³-hybridized carbons (Fsp3) is 0.571. The molecule has 0 saturated carbocycles. The Bertz CT molecular complexity index is 507. The molecule has 1 amide bonds. The Morgan fingerprint density at radius 1 is 1.33 bits per heavy atom. The third-order valence-electron chi connectivity index (χ3n) is 3.78. The van der Waals surface area contributed by atoms with E-state index in [1.54, 1.807) is 12.1 Å². The van der Waals surface area contributed by atoms with Gasteiger partial charge < -0.3 is 15.0 Å². The molecule has 114 valence electrons. The zero-order valence-corrected chi connectivity index (χ0v) is 11.5. The lowest BCUT2D eigenvalue weighted by atomic mass is 10.1. The zero-order chi connectivity index (χ0) is 14.9. The number of rotatable bonds is 3. The Morgan fingerprint density at radius 3 is 2.57 bits per heavy atom. The van der Waals surface area contributed by atoms with Crippen LogP contribution in [0.4, 0.5) is 14.6 Å². The van der Waals surface area contributed by atoms with E-state index < -0.39 is 5.92 Å². The van der Waals surface area contributed by atoms with E-state index in [0.29, 0.717) is 24.6 Å². The molecule has 1 aromatic heterocycles. The van der Waals surface area contributed by atoms with Crippen LogP contribution in [-0.4, -0.2) is 54.1 Å². The summed E-state index contributed by atoms with van der Waals surface area (Å²) < 4.78 is 31.2. The number of hydrogen-bond donors (Lipinski definition) is 1. The van der Waals surface area contributed by atoms with Gasteiger partial charge in [-0.25, -0.2) is 13.8 Å². The van der Waals surface area contributed by atoms with Crippen LogP contribution in [0.25, 0.3) is 0 Å². The molecule has 5 nitrogen and oxygen atoms in total. The Labute approximate surface area is 121 Å². The predicted octanol–water partition coefficient (Wildman–Crippen LogP) is 1.76. The van der Waals surface area contributed by atoms with Crippen molar-refractivity contribution < 1.29 is 18.3 Å². The summed E-state index contributed by atoms with van der Waals surface area (Å²) in [5, 5.41) is 3.17. The number of likely N-dealkylation sites (tertiary alicyclic amines) is 1. The quantitative estimate of drug-likeness (QED) is 0.924. The molecule has 1 aromatic rings. The molecule has 2 saturated heterocycles. The highest BCUT2D eigenvalue weighted by Crippen LogP contribution is 2.28. The van der Waals surface area contributed by atoms with E-state index in [0.717, 1.165) is 0 Å². The largest absolute Gasteiger partial charge is 0.377 e. The topological polar surface area (TPSA) is 54.5 Å². The first-order valence-corrected chi connectivity index (χ1v) is 7.01. The van der Waals surface area contributed by atoms with Gasteiger partial charge in [0.2, 0.25) is 0 Å². The molecule has 0 aliphatic carbocycles. The molecule has 0 unspecified atom stereocenters. The Kier molecular flexibility index (Phi) is 3.75. The van der Waals surface area contributed by atoms with Gasteiger partial charge in [-0.05, 0) is 12.1 Å². The molecule has 3 heterocycles. The smallest absolute Gasteiger partial charge is 0.255 e. The van der Waals surface area contributed by atoms with Crippen LogP contribution in [0.15, 0.2) is 18.3 Å². The van der Waals surface area contributed by atoms with Gasteiger partial charge in [0.25, 0.3) is 11.8 Å². The highest BCUT2D eigenvalue weighted by Gasteiger charge is 2.35. The Morgan fingerprint density at radius 2 is 2.05 bits per heavy atom. The van der Waals surface area contributed by atoms with Crippen LogP contribution in [0, 0.1) is 0 Å². The molecule has 7 heteroatoms. The van der Waals surface area contributed by atoms with Gasteiger partial charge in [0.1, 0.15) is 5.82 Å². The third-order valence-corrected chi connectivity index (χ3v) is 3.78. The molecule has 0 spiro atoms. The van der Waals surface area contributed by atoms with Crippen molar-refractivity contribution in [2.75, 3.05) is 31.6 Å². The molecule has 1 N–H and O–H groups in total. The average Bonchev–Trinajstić information content (AvgIpc) is 2.43. The number of carbonyl (C=O) groups excluding carboxylic acids is 1. The first-order chi connectivity index (χ1) is 10.0. The van der Waals surface area contributed by atoms with Crippen LogP contribution in [0.5, 0.6) is 0 Å². The van der Waals surface area contributed by atoms with Crippen LogP contribution < -0.4 is 5.32 Å². The molecular formula is C14H17F2N3O2.